The van der Waals surface area contributed by atoms with Crippen LogP contribution in [0.25, 0.3) is 10.8 Å². The van der Waals surface area contributed by atoms with Crippen LogP contribution in [0.1, 0.15) is 25.3 Å². The topological polar surface area (TPSA) is 49.3 Å². The van der Waals surface area contributed by atoms with Crippen LogP contribution in [-0.2, 0) is 11.3 Å². The summed E-state index contributed by atoms with van der Waals surface area (Å²) in [6.07, 6.45) is 1.51. The average molecular weight is 257 g/mol. The van der Waals surface area contributed by atoms with Crippen molar-refractivity contribution < 1.29 is 9.90 Å². The van der Waals surface area contributed by atoms with Gasteiger partial charge in [0, 0.05) is 6.54 Å². The maximum absolute atomic E-state index is 11.1. The van der Waals surface area contributed by atoms with Crippen LogP contribution in [0, 0.1) is 0 Å². The third kappa shape index (κ3) is 3.32. The standard InChI is InChI=1S/C16H19NO2/c1-2-6-15(16(18)19)17-11-13-9-5-8-12-7-3-4-10-14(12)13/h3-5,7-10,15,17H,2,6,11H2,1H3,(H,18,19). The van der Waals surface area contributed by atoms with E-state index in [9.17, 15) is 4.79 Å². The van der Waals surface area contributed by atoms with Gasteiger partial charge in [0.1, 0.15) is 6.04 Å². The van der Waals surface area contributed by atoms with Gasteiger partial charge in [0.25, 0.3) is 0 Å². The zero-order valence-corrected chi connectivity index (χ0v) is 11.1. The molecule has 2 N–H and O–H groups in total. The van der Waals surface area contributed by atoms with E-state index in [0.29, 0.717) is 13.0 Å². The molecule has 0 amide bonds. The second-order valence-corrected chi connectivity index (χ2v) is 4.70. The molecule has 2 aromatic carbocycles. The molecule has 2 aromatic rings. The summed E-state index contributed by atoms with van der Waals surface area (Å²) in [6, 6.07) is 13.8. The first-order valence-corrected chi connectivity index (χ1v) is 6.65. The zero-order chi connectivity index (χ0) is 13.7. The number of carboxylic acid groups (broad SMARTS) is 1. The lowest BCUT2D eigenvalue weighted by Gasteiger charge is -2.14. The number of hydrogen-bond acceptors (Lipinski definition) is 2. The Labute approximate surface area is 113 Å². The summed E-state index contributed by atoms with van der Waals surface area (Å²) in [5, 5.41) is 14.6. The van der Waals surface area contributed by atoms with Crippen molar-refractivity contribution in [3.8, 4) is 0 Å². The van der Waals surface area contributed by atoms with Crippen LogP contribution in [0.2, 0.25) is 0 Å². The van der Waals surface area contributed by atoms with Crippen LogP contribution in [0.5, 0.6) is 0 Å². The monoisotopic (exact) mass is 257 g/mol. The van der Waals surface area contributed by atoms with Gasteiger partial charge in [-0.2, -0.15) is 0 Å². The van der Waals surface area contributed by atoms with E-state index in [1.807, 2.05) is 31.2 Å². The van der Waals surface area contributed by atoms with Gasteiger partial charge < -0.3 is 10.4 Å². The molecule has 1 unspecified atom stereocenters. The normalized spacial score (nSPS) is 12.5. The molecule has 0 bridgehead atoms. The number of nitrogens with one attached hydrogen (secondary N) is 1. The molecule has 0 spiro atoms. The molecule has 0 saturated heterocycles. The first-order chi connectivity index (χ1) is 9.22. The SMILES string of the molecule is CCCC(NCc1cccc2ccccc12)C(=O)O. The van der Waals surface area contributed by atoms with E-state index in [1.54, 1.807) is 0 Å². The van der Waals surface area contributed by atoms with Crippen molar-refractivity contribution in [2.45, 2.75) is 32.4 Å². The average Bonchev–Trinajstić information content (AvgIpc) is 2.43. The molecule has 0 heterocycles. The van der Waals surface area contributed by atoms with Crippen molar-refractivity contribution in [1.29, 1.82) is 0 Å². The highest BCUT2D eigenvalue weighted by Gasteiger charge is 2.15. The largest absolute Gasteiger partial charge is 0.480 e. The van der Waals surface area contributed by atoms with Gasteiger partial charge in [-0.3, -0.25) is 4.79 Å². The lowest BCUT2D eigenvalue weighted by molar-refractivity contribution is -0.139. The predicted octanol–water partition coefficient (Wildman–Crippen LogP) is 3.18. The molecule has 0 aromatic heterocycles. The maximum atomic E-state index is 11.1. The highest BCUT2D eigenvalue weighted by molar-refractivity contribution is 5.85. The predicted molar refractivity (Wildman–Crippen MR) is 77.1 cm³/mol. The molecule has 100 valence electrons. The third-order valence-corrected chi connectivity index (χ3v) is 3.29. The number of carboxylic acids is 1. The Hall–Kier alpha value is -1.87. The van der Waals surface area contributed by atoms with Gasteiger partial charge in [0.2, 0.25) is 0 Å². The summed E-state index contributed by atoms with van der Waals surface area (Å²) >= 11 is 0. The fourth-order valence-electron chi connectivity index (χ4n) is 2.28. The number of hydrogen-bond donors (Lipinski definition) is 2. The molecule has 0 radical (unpaired) electrons. The Balaban J connectivity index is 2.15. The summed E-state index contributed by atoms with van der Waals surface area (Å²) in [4.78, 5) is 11.1. The van der Waals surface area contributed by atoms with Gasteiger partial charge in [-0.05, 0) is 22.8 Å². The van der Waals surface area contributed by atoms with E-state index in [4.69, 9.17) is 5.11 Å². The minimum absolute atomic E-state index is 0.469. The molecule has 19 heavy (non-hydrogen) atoms. The number of benzene rings is 2. The minimum Gasteiger partial charge on any atom is -0.480 e. The third-order valence-electron chi connectivity index (χ3n) is 3.29. The van der Waals surface area contributed by atoms with Crippen LogP contribution in [0.4, 0.5) is 0 Å². The Morgan fingerprint density at radius 1 is 1.21 bits per heavy atom. The molecule has 1 atom stereocenters. The van der Waals surface area contributed by atoms with E-state index >= 15 is 0 Å². The maximum Gasteiger partial charge on any atom is 0.320 e. The zero-order valence-electron chi connectivity index (χ0n) is 11.1. The Bertz CT molecular complexity index is 560. The first-order valence-electron chi connectivity index (χ1n) is 6.65. The van der Waals surface area contributed by atoms with Crippen molar-refractivity contribution >= 4 is 16.7 Å². The molecule has 3 heteroatoms. The van der Waals surface area contributed by atoms with E-state index in [-0.39, 0.29) is 0 Å². The fraction of sp³-hybridized carbons (Fsp3) is 0.312. The molecule has 0 aliphatic carbocycles. The van der Waals surface area contributed by atoms with E-state index in [0.717, 1.165) is 12.0 Å². The second-order valence-electron chi connectivity index (χ2n) is 4.70. The summed E-state index contributed by atoms with van der Waals surface area (Å²) in [7, 11) is 0. The van der Waals surface area contributed by atoms with Crippen LogP contribution in [0.15, 0.2) is 42.5 Å². The lowest BCUT2D eigenvalue weighted by atomic mass is 10.0. The van der Waals surface area contributed by atoms with Gasteiger partial charge in [-0.25, -0.2) is 0 Å². The van der Waals surface area contributed by atoms with Crippen molar-refractivity contribution in [2.24, 2.45) is 0 Å². The smallest absolute Gasteiger partial charge is 0.320 e. The van der Waals surface area contributed by atoms with Gasteiger partial charge >= 0.3 is 5.97 Å². The summed E-state index contributed by atoms with van der Waals surface area (Å²) in [5.41, 5.74) is 1.14. The minimum atomic E-state index is -0.776. The number of rotatable bonds is 6. The van der Waals surface area contributed by atoms with E-state index < -0.39 is 12.0 Å². The van der Waals surface area contributed by atoms with Crippen LogP contribution >= 0.6 is 0 Å². The summed E-state index contributed by atoms with van der Waals surface area (Å²) in [5.74, 6) is -0.776. The molecule has 0 aliphatic rings. The number of carbonyl (C=O) groups is 1. The van der Waals surface area contributed by atoms with Crippen molar-refractivity contribution in [3.05, 3.63) is 48.0 Å². The van der Waals surface area contributed by atoms with Gasteiger partial charge in [0.15, 0.2) is 0 Å². The van der Waals surface area contributed by atoms with Crippen LogP contribution in [-0.4, -0.2) is 17.1 Å². The fourth-order valence-corrected chi connectivity index (χ4v) is 2.28. The van der Waals surface area contributed by atoms with Crippen LogP contribution < -0.4 is 5.32 Å². The van der Waals surface area contributed by atoms with Crippen molar-refractivity contribution in [3.63, 3.8) is 0 Å². The highest BCUT2D eigenvalue weighted by Crippen LogP contribution is 2.18. The Morgan fingerprint density at radius 2 is 1.95 bits per heavy atom. The molecular weight excluding hydrogens is 238 g/mol. The van der Waals surface area contributed by atoms with Gasteiger partial charge in [-0.1, -0.05) is 55.8 Å². The number of fused-ring (bicyclic) bond motifs is 1. The van der Waals surface area contributed by atoms with E-state index in [1.165, 1.54) is 10.8 Å². The number of aliphatic carboxylic acids is 1. The molecule has 3 nitrogen and oxygen atoms in total. The molecule has 0 aliphatic heterocycles. The quantitative estimate of drug-likeness (QED) is 0.835. The summed E-state index contributed by atoms with van der Waals surface area (Å²) in [6.45, 7) is 2.58. The Morgan fingerprint density at radius 3 is 2.68 bits per heavy atom. The van der Waals surface area contributed by atoms with Gasteiger partial charge in [-0.15, -0.1) is 0 Å². The Kier molecular flexibility index (Phi) is 4.53. The molecule has 2 rings (SSSR count). The van der Waals surface area contributed by atoms with Crippen molar-refractivity contribution in [2.75, 3.05) is 0 Å². The van der Waals surface area contributed by atoms with E-state index in [2.05, 4.69) is 23.5 Å². The highest BCUT2D eigenvalue weighted by atomic mass is 16.4. The molecule has 0 saturated carbocycles. The van der Waals surface area contributed by atoms with Gasteiger partial charge in [0.05, 0.1) is 0 Å². The summed E-state index contributed by atoms with van der Waals surface area (Å²) < 4.78 is 0. The second kappa shape index (κ2) is 6.34. The van der Waals surface area contributed by atoms with Crippen LogP contribution in [0.3, 0.4) is 0 Å². The molecular formula is C16H19NO2. The molecule has 0 fully saturated rings. The first kappa shape index (κ1) is 13.6. The lowest BCUT2D eigenvalue weighted by Crippen LogP contribution is -2.36. The van der Waals surface area contributed by atoms with Crippen molar-refractivity contribution in [1.82, 2.24) is 5.32 Å².